The summed E-state index contributed by atoms with van der Waals surface area (Å²) in [5, 5.41) is 11.8. The van der Waals surface area contributed by atoms with E-state index < -0.39 is 6.09 Å². The minimum absolute atomic E-state index is 0.134. The van der Waals surface area contributed by atoms with Gasteiger partial charge in [0.15, 0.2) is 0 Å². The van der Waals surface area contributed by atoms with Gasteiger partial charge in [-0.2, -0.15) is 11.3 Å². The summed E-state index contributed by atoms with van der Waals surface area (Å²) in [7, 11) is 0. The van der Waals surface area contributed by atoms with Crippen LogP contribution in [0.3, 0.4) is 0 Å². The third kappa shape index (κ3) is 7.79. The van der Waals surface area contributed by atoms with Crippen LogP contribution in [0, 0.1) is 5.92 Å². The number of hydrogen-bond acceptors (Lipinski definition) is 5. The number of nitrogens with one attached hydrogen (secondary N) is 3. The topological polar surface area (TPSA) is 96.5 Å². The first-order valence-corrected chi connectivity index (χ1v) is 10.0. The number of anilines is 2. The van der Waals surface area contributed by atoms with Gasteiger partial charge in [0.25, 0.3) is 5.91 Å². The number of amides is 3. The van der Waals surface area contributed by atoms with Gasteiger partial charge in [-0.1, -0.05) is 19.9 Å². The normalized spacial score (nSPS) is 10.4. The second-order valence-electron chi connectivity index (χ2n) is 6.62. The number of hydrogen-bond donors (Lipinski definition) is 3. The van der Waals surface area contributed by atoms with Crippen LogP contribution in [-0.4, -0.2) is 31.1 Å². The van der Waals surface area contributed by atoms with E-state index in [1.807, 2.05) is 19.2 Å². The van der Waals surface area contributed by atoms with Crippen molar-refractivity contribution in [2.45, 2.75) is 26.7 Å². The third-order valence-electron chi connectivity index (χ3n) is 3.59. The summed E-state index contributed by atoms with van der Waals surface area (Å²) in [4.78, 5) is 35.6. The Morgan fingerprint density at radius 1 is 1.11 bits per heavy atom. The van der Waals surface area contributed by atoms with Crippen LogP contribution < -0.4 is 16.0 Å². The highest BCUT2D eigenvalue weighted by atomic mass is 32.1. The van der Waals surface area contributed by atoms with Crippen LogP contribution in [0.4, 0.5) is 16.2 Å². The van der Waals surface area contributed by atoms with E-state index in [2.05, 4.69) is 16.0 Å². The molecule has 7 nitrogen and oxygen atoms in total. The molecule has 0 atom stereocenters. The fourth-order valence-corrected chi connectivity index (χ4v) is 2.88. The number of rotatable bonds is 9. The molecule has 0 aliphatic heterocycles. The number of carbonyl (C=O) groups excluding carboxylic acids is 3. The highest BCUT2D eigenvalue weighted by molar-refractivity contribution is 7.08. The summed E-state index contributed by atoms with van der Waals surface area (Å²) in [6.07, 6.45) is 0.276. The molecule has 8 heteroatoms. The van der Waals surface area contributed by atoms with Gasteiger partial charge in [-0.3, -0.25) is 14.9 Å². The fraction of sp³-hybridized carbons (Fsp3) is 0.350. The van der Waals surface area contributed by atoms with Crippen LogP contribution in [0.2, 0.25) is 0 Å². The molecule has 0 bridgehead atoms. The van der Waals surface area contributed by atoms with E-state index >= 15 is 0 Å². The summed E-state index contributed by atoms with van der Waals surface area (Å²) < 4.78 is 5.07. The predicted octanol–water partition coefficient (Wildman–Crippen LogP) is 4.10. The lowest BCUT2D eigenvalue weighted by Crippen LogP contribution is -2.25. The van der Waals surface area contributed by atoms with E-state index in [1.165, 1.54) is 11.3 Å². The monoisotopic (exact) mass is 403 g/mol. The first kappa shape index (κ1) is 21.4. The van der Waals surface area contributed by atoms with Gasteiger partial charge >= 0.3 is 6.09 Å². The molecule has 0 fully saturated rings. The number of benzene rings is 1. The van der Waals surface area contributed by atoms with Crippen LogP contribution in [0.1, 0.15) is 37.0 Å². The molecule has 1 aromatic heterocycles. The van der Waals surface area contributed by atoms with Crippen LogP contribution in [0.25, 0.3) is 0 Å². The van der Waals surface area contributed by atoms with Crippen molar-refractivity contribution < 1.29 is 19.1 Å². The summed E-state index contributed by atoms with van der Waals surface area (Å²) in [5.74, 6) is -0.0412. The Labute approximate surface area is 168 Å². The molecule has 0 saturated heterocycles. The largest absolute Gasteiger partial charge is 0.449 e. The van der Waals surface area contributed by atoms with Gasteiger partial charge in [-0.25, -0.2) is 4.79 Å². The number of thiophene rings is 1. The van der Waals surface area contributed by atoms with Crippen molar-refractivity contribution in [2.24, 2.45) is 5.92 Å². The average Bonchev–Trinajstić information content (AvgIpc) is 3.18. The van der Waals surface area contributed by atoms with Crippen LogP contribution in [0.5, 0.6) is 0 Å². The van der Waals surface area contributed by atoms with E-state index in [0.29, 0.717) is 36.5 Å². The lowest BCUT2D eigenvalue weighted by Gasteiger charge is -2.10. The average molecular weight is 404 g/mol. The van der Waals surface area contributed by atoms with Crippen molar-refractivity contribution >= 4 is 40.6 Å². The molecule has 0 radical (unpaired) electrons. The zero-order valence-electron chi connectivity index (χ0n) is 16.0. The second kappa shape index (κ2) is 11.1. The van der Waals surface area contributed by atoms with E-state index in [9.17, 15) is 14.4 Å². The van der Waals surface area contributed by atoms with Crippen molar-refractivity contribution in [1.29, 1.82) is 0 Å². The molecule has 150 valence electrons. The molecule has 2 rings (SSSR count). The zero-order valence-corrected chi connectivity index (χ0v) is 16.8. The molecule has 1 aromatic carbocycles. The first-order valence-electron chi connectivity index (χ1n) is 9.08. The Hall–Kier alpha value is -2.87. The third-order valence-corrected chi connectivity index (χ3v) is 4.27. The van der Waals surface area contributed by atoms with Crippen LogP contribution in [-0.2, 0) is 9.53 Å². The molecule has 0 spiro atoms. The van der Waals surface area contributed by atoms with Crippen molar-refractivity contribution in [2.75, 3.05) is 23.8 Å². The van der Waals surface area contributed by atoms with Crippen molar-refractivity contribution in [3.05, 3.63) is 46.7 Å². The Balaban J connectivity index is 1.71. The van der Waals surface area contributed by atoms with Gasteiger partial charge in [-0.15, -0.1) is 0 Å². The van der Waals surface area contributed by atoms with E-state index in [0.717, 1.165) is 0 Å². The highest BCUT2D eigenvalue weighted by Crippen LogP contribution is 2.16. The lowest BCUT2D eigenvalue weighted by atomic mass is 10.2. The molecule has 0 aliphatic rings. The minimum Gasteiger partial charge on any atom is -0.449 e. The van der Waals surface area contributed by atoms with Crippen LogP contribution >= 0.6 is 11.3 Å². The van der Waals surface area contributed by atoms with Crippen LogP contribution in [0.15, 0.2) is 41.1 Å². The summed E-state index contributed by atoms with van der Waals surface area (Å²) in [6, 6.07) is 8.60. The smallest absolute Gasteiger partial charge is 0.411 e. The Bertz CT molecular complexity index is 791. The predicted molar refractivity (Wildman–Crippen MR) is 111 cm³/mol. The molecule has 28 heavy (non-hydrogen) atoms. The highest BCUT2D eigenvalue weighted by Gasteiger charge is 2.08. The summed E-state index contributed by atoms with van der Waals surface area (Å²) in [5.41, 5.74) is 1.74. The van der Waals surface area contributed by atoms with Gasteiger partial charge < -0.3 is 15.4 Å². The standard InChI is InChI=1S/C20H25N3O4S/c1-14(2)12-27-20(26)23-17-6-3-5-16(11-17)22-18(24)7-4-9-21-19(25)15-8-10-28-13-15/h3,5-6,8,10-11,13-14H,4,7,9,12H2,1-2H3,(H,21,25)(H,22,24)(H,23,26). The number of ether oxygens (including phenoxy) is 1. The quantitative estimate of drug-likeness (QED) is 0.549. The second-order valence-corrected chi connectivity index (χ2v) is 7.40. The maximum absolute atomic E-state index is 12.1. The van der Waals surface area contributed by atoms with Gasteiger partial charge in [0, 0.05) is 35.3 Å². The van der Waals surface area contributed by atoms with Crippen molar-refractivity contribution in [3.63, 3.8) is 0 Å². The molecule has 1 heterocycles. The van der Waals surface area contributed by atoms with Gasteiger partial charge in [0.05, 0.1) is 6.61 Å². The summed E-state index contributed by atoms with van der Waals surface area (Å²) in [6.45, 7) is 4.67. The molecular weight excluding hydrogens is 378 g/mol. The minimum atomic E-state index is -0.529. The molecule has 0 saturated carbocycles. The zero-order chi connectivity index (χ0) is 20.4. The van der Waals surface area contributed by atoms with E-state index in [4.69, 9.17) is 4.74 Å². The molecule has 3 N–H and O–H groups in total. The van der Waals surface area contributed by atoms with Crippen molar-refractivity contribution in [3.8, 4) is 0 Å². The lowest BCUT2D eigenvalue weighted by molar-refractivity contribution is -0.116. The molecule has 0 unspecified atom stereocenters. The van der Waals surface area contributed by atoms with Crippen molar-refractivity contribution in [1.82, 2.24) is 5.32 Å². The molecule has 2 aromatic rings. The van der Waals surface area contributed by atoms with Gasteiger partial charge in [0.1, 0.15) is 0 Å². The first-order chi connectivity index (χ1) is 13.4. The SMILES string of the molecule is CC(C)COC(=O)Nc1cccc(NC(=O)CCCNC(=O)c2ccsc2)c1. The van der Waals surface area contributed by atoms with E-state index in [1.54, 1.807) is 35.7 Å². The van der Waals surface area contributed by atoms with E-state index in [-0.39, 0.29) is 24.2 Å². The molecule has 3 amide bonds. The Kier molecular flexibility index (Phi) is 8.48. The Morgan fingerprint density at radius 3 is 2.54 bits per heavy atom. The molecular formula is C20H25N3O4S. The van der Waals surface area contributed by atoms with Gasteiger partial charge in [0.2, 0.25) is 5.91 Å². The maximum atomic E-state index is 12.1. The summed E-state index contributed by atoms with van der Waals surface area (Å²) >= 11 is 1.46. The molecule has 0 aliphatic carbocycles. The maximum Gasteiger partial charge on any atom is 0.411 e. The fourth-order valence-electron chi connectivity index (χ4n) is 2.24. The van der Waals surface area contributed by atoms with Gasteiger partial charge in [-0.05, 0) is 42.0 Å². The number of carbonyl (C=O) groups is 3. The Morgan fingerprint density at radius 2 is 1.86 bits per heavy atom.